The van der Waals surface area contributed by atoms with Crippen LogP contribution >= 0.6 is 0 Å². The van der Waals surface area contributed by atoms with E-state index in [9.17, 15) is 0 Å². The molecule has 1 rings (SSSR count). The number of hydrogen-bond donors (Lipinski definition) is 1. The molecule has 26 heavy (non-hydrogen) atoms. The number of rotatable bonds is 11. The zero-order valence-electron chi connectivity index (χ0n) is 18.8. The first kappa shape index (κ1) is 27.7. The molecule has 0 unspecified atom stereocenters. The Bertz CT molecular complexity index is 437. The lowest BCUT2D eigenvalue weighted by atomic mass is 9.94. The molecule has 2 heteroatoms. The molecule has 0 atom stereocenters. The number of halogens is 1. The van der Waals surface area contributed by atoms with Crippen LogP contribution in [0.4, 0.5) is 0 Å². The van der Waals surface area contributed by atoms with Crippen LogP contribution in [-0.4, -0.2) is 21.1 Å². The second kappa shape index (κ2) is 17.9. The lowest BCUT2D eigenvalue weighted by molar-refractivity contribution is -0.836. The maximum absolute atomic E-state index is 2.29. The van der Waals surface area contributed by atoms with E-state index in [4.69, 9.17) is 0 Å². The van der Waals surface area contributed by atoms with Gasteiger partial charge in [0.05, 0.1) is 21.1 Å². The van der Waals surface area contributed by atoms with Gasteiger partial charge in [0.1, 0.15) is 0 Å². The monoisotopic (exact) mass is 383 g/mol. The molecule has 0 saturated carbocycles. The highest BCUT2D eigenvalue weighted by Gasteiger charge is 2.04. The third kappa shape index (κ3) is 14.6. The molecule has 0 saturated heterocycles. The molecule has 1 nitrogen and oxygen atoms in total. The molecule has 0 radical (unpaired) electrons. The van der Waals surface area contributed by atoms with E-state index in [1.165, 1.54) is 92.2 Å². The van der Waals surface area contributed by atoms with E-state index in [1.54, 1.807) is 5.56 Å². The Hall–Kier alpha value is -0.530. The van der Waals surface area contributed by atoms with Crippen LogP contribution in [-0.2, 0) is 6.42 Å². The van der Waals surface area contributed by atoms with E-state index in [0.717, 1.165) is 0 Å². The van der Waals surface area contributed by atoms with Gasteiger partial charge in [0.15, 0.2) is 0 Å². The van der Waals surface area contributed by atoms with E-state index in [1.807, 2.05) is 0 Å². The Morgan fingerprint density at radius 2 is 1.04 bits per heavy atom. The van der Waals surface area contributed by atoms with Crippen molar-refractivity contribution >= 4 is 0 Å². The Morgan fingerprint density at radius 1 is 0.654 bits per heavy atom. The molecule has 0 aliphatic rings. The van der Waals surface area contributed by atoms with E-state index in [2.05, 4.69) is 61.0 Å². The van der Waals surface area contributed by atoms with Gasteiger partial charge in [-0.25, -0.2) is 0 Å². The van der Waals surface area contributed by atoms with Crippen LogP contribution in [0.25, 0.3) is 0 Å². The SMILES string of the molecule is CCCCCCCCCCCCc1c(C)ccc(C)c1C.C[NH+](C)C.[Cl-]. The molecule has 0 heterocycles. The average molecular weight is 384 g/mol. The molecular formula is C24H46ClN. The average Bonchev–Trinajstić information content (AvgIpc) is 2.55. The molecule has 1 aromatic carbocycles. The van der Waals surface area contributed by atoms with Gasteiger partial charge < -0.3 is 17.3 Å². The second-order valence-corrected chi connectivity index (χ2v) is 8.23. The van der Waals surface area contributed by atoms with E-state index in [0.29, 0.717) is 0 Å². The highest BCUT2D eigenvalue weighted by atomic mass is 35.5. The minimum atomic E-state index is 0. The van der Waals surface area contributed by atoms with Gasteiger partial charge in [-0.05, 0) is 55.9 Å². The number of unbranched alkanes of at least 4 members (excludes halogenated alkanes) is 9. The van der Waals surface area contributed by atoms with Crippen LogP contribution < -0.4 is 17.3 Å². The van der Waals surface area contributed by atoms with Crippen LogP contribution in [0.2, 0.25) is 0 Å². The number of hydrogen-bond acceptors (Lipinski definition) is 0. The first-order valence-corrected chi connectivity index (χ1v) is 10.7. The maximum atomic E-state index is 2.29. The molecule has 1 aromatic rings. The summed E-state index contributed by atoms with van der Waals surface area (Å²) in [4.78, 5) is 1.42. The van der Waals surface area contributed by atoms with Crippen molar-refractivity contribution in [3.05, 3.63) is 34.4 Å². The van der Waals surface area contributed by atoms with Crippen molar-refractivity contribution in [2.75, 3.05) is 21.1 Å². The van der Waals surface area contributed by atoms with Crippen molar-refractivity contribution in [1.29, 1.82) is 0 Å². The predicted molar refractivity (Wildman–Crippen MR) is 115 cm³/mol. The van der Waals surface area contributed by atoms with Crippen molar-refractivity contribution < 1.29 is 17.3 Å². The fourth-order valence-electron chi connectivity index (χ4n) is 3.18. The second-order valence-electron chi connectivity index (χ2n) is 8.23. The molecule has 0 aromatic heterocycles. The zero-order valence-corrected chi connectivity index (χ0v) is 19.6. The summed E-state index contributed by atoms with van der Waals surface area (Å²) in [6, 6.07) is 4.54. The van der Waals surface area contributed by atoms with Gasteiger partial charge in [0, 0.05) is 0 Å². The first-order chi connectivity index (χ1) is 11.9. The smallest absolute Gasteiger partial charge is 0.0661 e. The van der Waals surface area contributed by atoms with Crippen LogP contribution in [0.3, 0.4) is 0 Å². The lowest BCUT2D eigenvalue weighted by Gasteiger charge is -2.12. The summed E-state index contributed by atoms with van der Waals surface area (Å²) in [6.07, 6.45) is 15.5. The molecule has 154 valence electrons. The quantitative estimate of drug-likeness (QED) is 0.560. The summed E-state index contributed by atoms with van der Waals surface area (Å²) in [6.45, 7) is 9.07. The number of benzene rings is 1. The topological polar surface area (TPSA) is 4.44 Å². The molecular weight excluding hydrogens is 338 g/mol. The van der Waals surface area contributed by atoms with E-state index >= 15 is 0 Å². The molecule has 0 aliphatic carbocycles. The minimum Gasteiger partial charge on any atom is -1.00 e. The van der Waals surface area contributed by atoms with Crippen LogP contribution in [0, 0.1) is 20.8 Å². The Morgan fingerprint density at radius 3 is 1.50 bits per heavy atom. The van der Waals surface area contributed by atoms with Gasteiger partial charge in [-0.3, -0.25) is 0 Å². The predicted octanol–water partition coefficient (Wildman–Crippen LogP) is 2.84. The molecule has 0 fully saturated rings. The Kier molecular flexibility index (Phi) is 19.0. The van der Waals surface area contributed by atoms with Crippen molar-refractivity contribution in [2.24, 2.45) is 0 Å². The first-order valence-electron chi connectivity index (χ1n) is 10.7. The number of aryl methyl sites for hydroxylation is 2. The van der Waals surface area contributed by atoms with Gasteiger partial charge in [-0.2, -0.15) is 0 Å². The number of quaternary nitrogens is 1. The minimum absolute atomic E-state index is 0. The maximum Gasteiger partial charge on any atom is 0.0661 e. The van der Waals surface area contributed by atoms with E-state index < -0.39 is 0 Å². The highest BCUT2D eigenvalue weighted by Crippen LogP contribution is 2.20. The summed E-state index contributed by atoms with van der Waals surface area (Å²) in [7, 11) is 6.25. The third-order valence-electron chi connectivity index (χ3n) is 4.88. The van der Waals surface area contributed by atoms with Crippen molar-refractivity contribution in [3.8, 4) is 0 Å². The fourth-order valence-corrected chi connectivity index (χ4v) is 3.18. The Labute approximate surface area is 171 Å². The summed E-state index contributed by atoms with van der Waals surface area (Å²) in [5, 5.41) is 0. The van der Waals surface area contributed by atoms with E-state index in [-0.39, 0.29) is 12.4 Å². The van der Waals surface area contributed by atoms with Gasteiger partial charge in [-0.1, -0.05) is 76.8 Å². The summed E-state index contributed by atoms with van der Waals surface area (Å²) >= 11 is 0. The van der Waals surface area contributed by atoms with Gasteiger partial charge in [0.2, 0.25) is 0 Å². The summed E-state index contributed by atoms with van der Waals surface area (Å²) in [5.41, 5.74) is 6.05. The molecule has 0 spiro atoms. The molecule has 1 N–H and O–H groups in total. The van der Waals surface area contributed by atoms with Crippen LogP contribution in [0.5, 0.6) is 0 Å². The van der Waals surface area contributed by atoms with Crippen LogP contribution in [0.15, 0.2) is 12.1 Å². The largest absolute Gasteiger partial charge is 1.00 e. The zero-order chi connectivity index (χ0) is 19.1. The fraction of sp³-hybridized carbons (Fsp3) is 0.750. The van der Waals surface area contributed by atoms with Gasteiger partial charge >= 0.3 is 0 Å². The molecule has 0 amide bonds. The van der Waals surface area contributed by atoms with Gasteiger partial charge in [-0.15, -0.1) is 0 Å². The van der Waals surface area contributed by atoms with Gasteiger partial charge in [0.25, 0.3) is 0 Å². The highest BCUT2D eigenvalue weighted by molar-refractivity contribution is 5.39. The normalized spacial score (nSPS) is 10.3. The van der Waals surface area contributed by atoms with Crippen LogP contribution in [0.1, 0.15) is 93.4 Å². The van der Waals surface area contributed by atoms with Crippen molar-refractivity contribution in [2.45, 2.75) is 98.3 Å². The summed E-state index contributed by atoms with van der Waals surface area (Å²) in [5.74, 6) is 0. The van der Waals surface area contributed by atoms with Crippen molar-refractivity contribution in [1.82, 2.24) is 0 Å². The van der Waals surface area contributed by atoms with Crippen molar-refractivity contribution in [3.63, 3.8) is 0 Å². The third-order valence-corrected chi connectivity index (χ3v) is 4.88. The molecule has 0 bridgehead atoms. The molecule has 0 aliphatic heterocycles. The lowest BCUT2D eigenvalue weighted by Crippen LogP contribution is -3.02. The summed E-state index contributed by atoms with van der Waals surface area (Å²) < 4.78 is 0. The standard InChI is InChI=1S/C21H36.C3H9N.ClH/c1-5-6-7-8-9-10-11-12-13-14-15-21-19(3)17-16-18(2)20(21)4;1-4(2)3;/h16-17H,5-15H2,1-4H3;1-3H3;1H. The number of nitrogens with one attached hydrogen (secondary N) is 1. The Balaban J connectivity index is 0.